The van der Waals surface area contributed by atoms with E-state index in [9.17, 15) is 17.6 Å². The molecule has 26 heavy (non-hydrogen) atoms. The number of unbranched alkanes of at least 4 members (excludes halogenated alkanes) is 4. The SMILES string of the molecule is CC=C(CCCCCCC)C(=O)NCc1ccc(NS(C)(=O)=O)c(F)c1. The smallest absolute Gasteiger partial charge is 0.247 e. The molecule has 1 aromatic rings. The van der Waals surface area contributed by atoms with Gasteiger partial charge in [0.2, 0.25) is 15.9 Å². The summed E-state index contributed by atoms with van der Waals surface area (Å²) in [6, 6.07) is 4.15. The number of rotatable bonds is 11. The van der Waals surface area contributed by atoms with Crippen LogP contribution in [0.5, 0.6) is 0 Å². The van der Waals surface area contributed by atoms with Crippen molar-refractivity contribution >= 4 is 21.6 Å². The second kappa shape index (κ2) is 11.0. The fourth-order valence-electron chi connectivity index (χ4n) is 2.55. The van der Waals surface area contributed by atoms with Crippen molar-refractivity contribution in [3.8, 4) is 0 Å². The van der Waals surface area contributed by atoms with E-state index in [1.165, 1.54) is 31.4 Å². The fraction of sp³-hybridized carbons (Fsp3) is 0.526. The minimum absolute atomic E-state index is 0.108. The number of amides is 1. The molecule has 0 atom stereocenters. The highest BCUT2D eigenvalue weighted by Gasteiger charge is 2.11. The van der Waals surface area contributed by atoms with E-state index in [1.54, 1.807) is 6.07 Å². The molecule has 5 nitrogen and oxygen atoms in total. The van der Waals surface area contributed by atoms with Crippen LogP contribution in [0.4, 0.5) is 10.1 Å². The van der Waals surface area contributed by atoms with Crippen LogP contribution >= 0.6 is 0 Å². The molecule has 0 unspecified atom stereocenters. The number of carbonyl (C=O) groups is 1. The molecule has 7 heteroatoms. The molecule has 0 saturated heterocycles. The molecular weight excluding hydrogens is 355 g/mol. The Hall–Kier alpha value is -1.89. The number of hydrogen-bond donors (Lipinski definition) is 2. The van der Waals surface area contributed by atoms with Crippen LogP contribution in [-0.2, 0) is 21.4 Å². The highest BCUT2D eigenvalue weighted by atomic mass is 32.2. The molecule has 0 bridgehead atoms. The summed E-state index contributed by atoms with van der Waals surface area (Å²) in [5, 5.41) is 2.78. The van der Waals surface area contributed by atoms with Crippen molar-refractivity contribution in [2.24, 2.45) is 0 Å². The number of sulfonamides is 1. The molecule has 0 aliphatic rings. The van der Waals surface area contributed by atoms with E-state index in [-0.39, 0.29) is 18.1 Å². The van der Waals surface area contributed by atoms with Crippen molar-refractivity contribution in [2.45, 2.75) is 58.9 Å². The zero-order valence-corrected chi connectivity index (χ0v) is 16.6. The lowest BCUT2D eigenvalue weighted by molar-refractivity contribution is -0.117. The second-order valence-corrected chi connectivity index (χ2v) is 8.10. The Morgan fingerprint density at radius 2 is 1.88 bits per heavy atom. The zero-order chi connectivity index (χ0) is 19.6. The molecule has 1 aromatic carbocycles. The van der Waals surface area contributed by atoms with Crippen molar-refractivity contribution in [3.05, 3.63) is 41.2 Å². The van der Waals surface area contributed by atoms with Crippen LogP contribution < -0.4 is 10.0 Å². The van der Waals surface area contributed by atoms with Crippen LogP contribution in [0, 0.1) is 5.82 Å². The molecule has 0 aromatic heterocycles. The number of allylic oxidation sites excluding steroid dienone is 1. The van der Waals surface area contributed by atoms with E-state index in [2.05, 4.69) is 17.0 Å². The first kappa shape index (κ1) is 22.2. The number of hydrogen-bond acceptors (Lipinski definition) is 3. The number of halogens is 1. The first-order chi connectivity index (χ1) is 12.3. The third-order valence-corrected chi connectivity index (χ3v) is 4.56. The lowest BCUT2D eigenvalue weighted by atomic mass is 10.0. The predicted octanol–water partition coefficient (Wildman–Crippen LogP) is 4.12. The Morgan fingerprint density at radius 1 is 1.19 bits per heavy atom. The summed E-state index contributed by atoms with van der Waals surface area (Å²) in [7, 11) is -3.54. The maximum absolute atomic E-state index is 13.9. The summed E-state index contributed by atoms with van der Waals surface area (Å²) in [5.41, 5.74) is 1.19. The molecular formula is C19H29FN2O3S. The molecule has 0 radical (unpaired) electrons. The van der Waals surface area contributed by atoms with Gasteiger partial charge in [-0.1, -0.05) is 44.7 Å². The normalized spacial score (nSPS) is 12.1. The fourth-order valence-corrected chi connectivity index (χ4v) is 3.12. The van der Waals surface area contributed by atoms with Gasteiger partial charge in [0.1, 0.15) is 5.82 Å². The third-order valence-electron chi connectivity index (χ3n) is 3.97. The summed E-state index contributed by atoms with van der Waals surface area (Å²) >= 11 is 0. The molecule has 0 saturated carbocycles. The summed E-state index contributed by atoms with van der Waals surface area (Å²) in [5.74, 6) is -0.828. The highest BCUT2D eigenvalue weighted by Crippen LogP contribution is 2.17. The van der Waals surface area contributed by atoms with Crippen LogP contribution in [0.2, 0.25) is 0 Å². The van der Waals surface area contributed by atoms with Gasteiger partial charge in [-0.05, 0) is 37.5 Å². The van der Waals surface area contributed by atoms with Gasteiger partial charge in [-0.3, -0.25) is 9.52 Å². The Kier molecular flexibility index (Phi) is 9.34. The van der Waals surface area contributed by atoms with Gasteiger partial charge < -0.3 is 5.32 Å². The van der Waals surface area contributed by atoms with E-state index in [0.29, 0.717) is 5.56 Å². The van der Waals surface area contributed by atoms with Crippen LogP contribution in [0.3, 0.4) is 0 Å². The maximum Gasteiger partial charge on any atom is 0.247 e. The molecule has 1 amide bonds. The van der Waals surface area contributed by atoms with Crippen molar-refractivity contribution in [2.75, 3.05) is 11.0 Å². The van der Waals surface area contributed by atoms with Crippen molar-refractivity contribution in [1.29, 1.82) is 0 Å². The number of carbonyl (C=O) groups excluding carboxylic acids is 1. The van der Waals surface area contributed by atoms with Crippen LogP contribution in [0.15, 0.2) is 29.8 Å². The number of nitrogens with one attached hydrogen (secondary N) is 2. The summed E-state index contributed by atoms with van der Waals surface area (Å²) in [6.45, 7) is 4.19. The Morgan fingerprint density at radius 3 is 2.46 bits per heavy atom. The molecule has 1 rings (SSSR count). The van der Waals surface area contributed by atoms with Gasteiger partial charge in [-0.2, -0.15) is 0 Å². The van der Waals surface area contributed by atoms with Gasteiger partial charge in [0.25, 0.3) is 0 Å². The molecule has 0 aliphatic heterocycles. The molecule has 0 fully saturated rings. The van der Waals surface area contributed by atoms with Gasteiger partial charge in [0.15, 0.2) is 0 Å². The van der Waals surface area contributed by atoms with Crippen LogP contribution in [-0.4, -0.2) is 20.6 Å². The summed E-state index contributed by atoms with van der Waals surface area (Å²) in [6.07, 6.45) is 9.18. The molecule has 0 heterocycles. The minimum atomic E-state index is -3.54. The second-order valence-electron chi connectivity index (χ2n) is 6.35. The van der Waals surface area contributed by atoms with E-state index in [1.807, 2.05) is 13.0 Å². The van der Waals surface area contributed by atoms with Crippen molar-refractivity contribution in [1.82, 2.24) is 5.32 Å². The topological polar surface area (TPSA) is 75.3 Å². The Balaban J connectivity index is 2.54. The predicted molar refractivity (Wildman–Crippen MR) is 104 cm³/mol. The monoisotopic (exact) mass is 384 g/mol. The van der Waals surface area contributed by atoms with Crippen LogP contribution in [0.1, 0.15) is 57.9 Å². The van der Waals surface area contributed by atoms with E-state index in [4.69, 9.17) is 0 Å². The van der Waals surface area contributed by atoms with Gasteiger partial charge in [-0.25, -0.2) is 12.8 Å². The molecule has 2 N–H and O–H groups in total. The molecule has 146 valence electrons. The zero-order valence-electron chi connectivity index (χ0n) is 15.8. The summed E-state index contributed by atoms with van der Waals surface area (Å²) < 4.78 is 38.4. The Bertz CT molecular complexity index is 730. The van der Waals surface area contributed by atoms with Gasteiger partial charge >= 0.3 is 0 Å². The third kappa shape index (κ3) is 8.47. The average Bonchev–Trinajstić information content (AvgIpc) is 2.57. The van der Waals surface area contributed by atoms with E-state index in [0.717, 1.165) is 31.1 Å². The van der Waals surface area contributed by atoms with Crippen molar-refractivity contribution < 1.29 is 17.6 Å². The van der Waals surface area contributed by atoms with E-state index < -0.39 is 15.8 Å². The van der Waals surface area contributed by atoms with Gasteiger partial charge in [0.05, 0.1) is 11.9 Å². The maximum atomic E-state index is 13.9. The molecule has 0 aliphatic carbocycles. The number of benzene rings is 1. The lowest BCUT2D eigenvalue weighted by Crippen LogP contribution is -2.24. The van der Waals surface area contributed by atoms with Crippen LogP contribution in [0.25, 0.3) is 0 Å². The highest BCUT2D eigenvalue weighted by molar-refractivity contribution is 7.92. The molecule has 0 spiro atoms. The largest absolute Gasteiger partial charge is 0.348 e. The number of anilines is 1. The minimum Gasteiger partial charge on any atom is -0.348 e. The Labute approximate surface area is 156 Å². The van der Waals surface area contributed by atoms with Gasteiger partial charge in [0, 0.05) is 12.1 Å². The first-order valence-electron chi connectivity index (χ1n) is 8.96. The first-order valence-corrected chi connectivity index (χ1v) is 10.9. The lowest BCUT2D eigenvalue weighted by Gasteiger charge is -2.10. The average molecular weight is 385 g/mol. The summed E-state index contributed by atoms with van der Waals surface area (Å²) in [4.78, 5) is 12.2. The van der Waals surface area contributed by atoms with Gasteiger partial charge in [-0.15, -0.1) is 0 Å². The quantitative estimate of drug-likeness (QED) is 0.445. The van der Waals surface area contributed by atoms with E-state index >= 15 is 0 Å². The van der Waals surface area contributed by atoms with Crippen molar-refractivity contribution in [3.63, 3.8) is 0 Å². The standard InChI is InChI=1S/C19H29FN2O3S/c1-4-6-7-8-9-10-16(5-2)19(23)21-14-15-11-12-18(17(20)13-15)22-26(3,24)25/h5,11-13,22H,4,6-10,14H2,1-3H3,(H,21,23).